The Morgan fingerprint density at radius 2 is 2.20 bits per heavy atom. The second kappa shape index (κ2) is 4.65. The second-order valence-corrected chi connectivity index (χ2v) is 4.53. The van der Waals surface area contributed by atoms with Crippen molar-refractivity contribution in [1.29, 1.82) is 5.41 Å². The van der Waals surface area contributed by atoms with Crippen LogP contribution < -0.4 is 11.1 Å². The highest BCUT2D eigenvalue weighted by Gasteiger charge is 2.08. The number of hydrogen-bond acceptors (Lipinski definition) is 5. The largest absolute Gasteiger partial charge is 0.398 e. The van der Waals surface area contributed by atoms with Gasteiger partial charge in [0, 0.05) is 29.3 Å². The van der Waals surface area contributed by atoms with E-state index in [1.54, 1.807) is 6.07 Å². The van der Waals surface area contributed by atoms with Crippen molar-refractivity contribution >= 4 is 34.4 Å². The van der Waals surface area contributed by atoms with Gasteiger partial charge in [-0.3, -0.25) is 0 Å². The fourth-order valence-electron chi connectivity index (χ4n) is 2.13. The topological polar surface area (TPSA) is 103 Å². The van der Waals surface area contributed by atoms with Crippen LogP contribution in [0.2, 0.25) is 0 Å². The molecule has 0 unspecified atom stereocenters. The van der Waals surface area contributed by atoms with Crippen LogP contribution in [-0.4, -0.2) is 21.2 Å². The lowest BCUT2D eigenvalue weighted by atomic mass is 10.1. The summed E-state index contributed by atoms with van der Waals surface area (Å²) < 4.78 is 0. The summed E-state index contributed by atoms with van der Waals surface area (Å²) in [5, 5.41) is 11.5. The fraction of sp³-hybridized carbons (Fsp3) is 0.0714. The molecule has 1 aromatic carbocycles. The summed E-state index contributed by atoms with van der Waals surface area (Å²) >= 11 is 0. The summed E-state index contributed by atoms with van der Waals surface area (Å²) in [6.45, 7) is 2.00. The standard InChI is InChI=1S/C14H14N6/c1-8-6-17-13-12(8)14(19-7-18-13)20-10-2-3-11(16)9(4-10)5-15/h2-7,15H,16H2,1H3,(H2,17,18,19,20). The summed E-state index contributed by atoms with van der Waals surface area (Å²) in [5.74, 6) is 0.731. The number of anilines is 3. The van der Waals surface area contributed by atoms with E-state index in [1.165, 1.54) is 12.5 Å². The zero-order valence-corrected chi connectivity index (χ0v) is 10.9. The first-order valence-electron chi connectivity index (χ1n) is 6.15. The average molecular weight is 266 g/mol. The minimum Gasteiger partial charge on any atom is -0.398 e. The SMILES string of the molecule is Cc1c[nH]c2ncnc(Nc3ccc(N)c(C=N)c3)c12. The van der Waals surface area contributed by atoms with Gasteiger partial charge in [0.15, 0.2) is 0 Å². The Balaban J connectivity index is 2.05. The molecule has 20 heavy (non-hydrogen) atoms. The van der Waals surface area contributed by atoms with Gasteiger partial charge >= 0.3 is 0 Å². The van der Waals surface area contributed by atoms with Crippen LogP contribution in [0.15, 0.2) is 30.7 Å². The molecule has 0 fully saturated rings. The van der Waals surface area contributed by atoms with E-state index in [9.17, 15) is 0 Å². The lowest BCUT2D eigenvalue weighted by molar-refractivity contribution is 1.20. The Bertz CT molecular complexity index is 789. The molecule has 0 atom stereocenters. The molecule has 0 amide bonds. The van der Waals surface area contributed by atoms with Crippen molar-refractivity contribution < 1.29 is 0 Å². The van der Waals surface area contributed by atoms with E-state index >= 15 is 0 Å². The first kappa shape index (κ1) is 12.2. The Kier molecular flexibility index (Phi) is 2.83. The van der Waals surface area contributed by atoms with Crippen LogP contribution in [0.1, 0.15) is 11.1 Å². The van der Waals surface area contributed by atoms with Crippen LogP contribution in [0.25, 0.3) is 11.0 Å². The van der Waals surface area contributed by atoms with E-state index in [2.05, 4.69) is 20.3 Å². The number of rotatable bonds is 3. The van der Waals surface area contributed by atoms with Crippen LogP contribution in [-0.2, 0) is 0 Å². The molecule has 3 rings (SSSR count). The first-order valence-corrected chi connectivity index (χ1v) is 6.15. The van der Waals surface area contributed by atoms with E-state index in [-0.39, 0.29) is 0 Å². The van der Waals surface area contributed by atoms with E-state index in [1.807, 2.05) is 25.3 Å². The molecule has 2 heterocycles. The Hall–Kier alpha value is -2.89. The van der Waals surface area contributed by atoms with Crippen molar-refractivity contribution in [2.75, 3.05) is 11.1 Å². The summed E-state index contributed by atoms with van der Waals surface area (Å²) in [7, 11) is 0. The first-order chi connectivity index (χ1) is 9.69. The molecule has 0 aliphatic rings. The molecular weight excluding hydrogens is 252 g/mol. The third-order valence-electron chi connectivity index (χ3n) is 3.17. The summed E-state index contributed by atoms with van der Waals surface area (Å²) in [6, 6.07) is 5.45. The van der Waals surface area contributed by atoms with Crippen molar-refractivity contribution in [2.24, 2.45) is 0 Å². The molecule has 0 aliphatic heterocycles. The normalized spacial score (nSPS) is 10.7. The van der Waals surface area contributed by atoms with Gasteiger partial charge in [-0.25, -0.2) is 9.97 Å². The molecule has 3 aromatic rings. The number of fused-ring (bicyclic) bond motifs is 1. The minimum atomic E-state index is 0.580. The zero-order chi connectivity index (χ0) is 14.1. The number of nitrogens with two attached hydrogens (primary N) is 1. The van der Waals surface area contributed by atoms with Crippen molar-refractivity contribution in [1.82, 2.24) is 15.0 Å². The van der Waals surface area contributed by atoms with Crippen molar-refractivity contribution in [2.45, 2.75) is 6.92 Å². The Morgan fingerprint density at radius 1 is 1.35 bits per heavy atom. The third-order valence-corrected chi connectivity index (χ3v) is 3.17. The smallest absolute Gasteiger partial charge is 0.143 e. The lowest BCUT2D eigenvalue weighted by Crippen LogP contribution is -1.98. The number of hydrogen-bond donors (Lipinski definition) is 4. The number of nitrogens with one attached hydrogen (secondary N) is 3. The molecule has 100 valence electrons. The molecule has 6 nitrogen and oxygen atoms in total. The van der Waals surface area contributed by atoms with Gasteiger partial charge in [0.25, 0.3) is 0 Å². The van der Waals surface area contributed by atoms with Crippen LogP contribution in [0.4, 0.5) is 17.2 Å². The third kappa shape index (κ3) is 1.97. The predicted molar refractivity (Wildman–Crippen MR) is 80.6 cm³/mol. The number of aryl methyl sites for hydroxylation is 1. The summed E-state index contributed by atoms with van der Waals surface area (Å²) in [4.78, 5) is 11.6. The van der Waals surface area contributed by atoms with Crippen molar-refractivity contribution in [3.05, 3.63) is 41.9 Å². The van der Waals surface area contributed by atoms with Crippen LogP contribution in [0.5, 0.6) is 0 Å². The van der Waals surface area contributed by atoms with E-state index in [0.717, 1.165) is 28.1 Å². The lowest BCUT2D eigenvalue weighted by Gasteiger charge is -2.09. The van der Waals surface area contributed by atoms with Gasteiger partial charge in [0.2, 0.25) is 0 Å². The van der Waals surface area contributed by atoms with Gasteiger partial charge in [-0.2, -0.15) is 0 Å². The van der Waals surface area contributed by atoms with Gasteiger partial charge in [-0.15, -0.1) is 0 Å². The van der Waals surface area contributed by atoms with Crippen LogP contribution in [0, 0.1) is 12.3 Å². The number of H-pyrrole nitrogens is 1. The van der Waals surface area contributed by atoms with Gasteiger partial charge in [0.05, 0.1) is 5.39 Å². The van der Waals surface area contributed by atoms with Crippen LogP contribution >= 0.6 is 0 Å². The highest BCUT2D eigenvalue weighted by molar-refractivity contribution is 5.93. The summed E-state index contributed by atoms with van der Waals surface area (Å²) in [5.41, 5.74) is 9.73. The van der Waals surface area contributed by atoms with Gasteiger partial charge in [-0.05, 0) is 30.7 Å². The van der Waals surface area contributed by atoms with Crippen molar-refractivity contribution in [3.8, 4) is 0 Å². The molecular formula is C14H14N6. The molecule has 0 aliphatic carbocycles. The fourth-order valence-corrected chi connectivity index (χ4v) is 2.13. The van der Waals surface area contributed by atoms with E-state index in [0.29, 0.717) is 11.3 Å². The molecule has 0 spiro atoms. The highest BCUT2D eigenvalue weighted by atomic mass is 15.0. The van der Waals surface area contributed by atoms with Crippen LogP contribution in [0.3, 0.4) is 0 Å². The van der Waals surface area contributed by atoms with E-state index < -0.39 is 0 Å². The number of benzene rings is 1. The molecule has 6 heteroatoms. The van der Waals surface area contributed by atoms with Gasteiger partial charge in [-0.1, -0.05) is 0 Å². The molecule has 0 bridgehead atoms. The molecule has 2 aromatic heterocycles. The molecule has 0 saturated heterocycles. The number of aromatic nitrogens is 3. The number of nitrogens with zero attached hydrogens (tertiary/aromatic N) is 2. The zero-order valence-electron chi connectivity index (χ0n) is 10.9. The highest BCUT2D eigenvalue weighted by Crippen LogP contribution is 2.26. The quantitative estimate of drug-likeness (QED) is 0.432. The maximum atomic E-state index is 7.34. The Morgan fingerprint density at radius 3 is 3.00 bits per heavy atom. The van der Waals surface area contributed by atoms with Crippen molar-refractivity contribution in [3.63, 3.8) is 0 Å². The number of aromatic amines is 1. The second-order valence-electron chi connectivity index (χ2n) is 4.53. The molecule has 5 N–H and O–H groups in total. The maximum absolute atomic E-state index is 7.34. The molecule has 0 saturated carbocycles. The monoisotopic (exact) mass is 266 g/mol. The number of nitrogen functional groups attached to an aromatic ring is 1. The average Bonchev–Trinajstić information content (AvgIpc) is 2.84. The summed E-state index contributed by atoms with van der Waals surface area (Å²) in [6.07, 6.45) is 4.64. The Labute approximate surface area is 115 Å². The predicted octanol–water partition coefficient (Wildman–Crippen LogP) is 2.59. The van der Waals surface area contributed by atoms with Gasteiger partial charge in [0.1, 0.15) is 17.8 Å². The maximum Gasteiger partial charge on any atom is 0.143 e. The molecule has 0 radical (unpaired) electrons. The minimum absolute atomic E-state index is 0.580. The van der Waals surface area contributed by atoms with Gasteiger partial charge < -0.3 is 21.4 Å². The van der Waals surface area contributed by atoms with E-state index in [4.69, 9.17) is 11.1 Å².